The largest absolute Gasteiger partial charge is 0.329 e. The third-order valence-corrected chi connectivity index (χ3v) is 3.31. The molecule has 0 spiro atoms. The number of rotatable bonds is 4. The van der Waals surface area contributed by atoms with Gasteiger partial charge in [0, 0.05) is 23.7 Å². The zero-order valence-corrected chi connectivity index (χ0v) is 9.95. The van der Waals surface area contributed by atoms with E-state index in [0.717, 1.165) is 23.4 Å². The summed E-state index contributed by atoms with van der Waals surface area (Å²) in [7, 11) is 0. The predicted octanol–water partition coefficient (Wildman–Crippen LogP) is 2.65. The van der Waals surface area contributed by atoms with Crippen LogP contribution in [-0.2, 0) is 0 Å². The summed E-state index contributed by atoms with van der Waals surface area (Å²) < 4.78 is 0. The van der Waals surface area contributed by atoms with Crippen LogP contribution in [0.15, 0.2) is 36.4 Å². The standard InChI is InChI=1S/C13H17ClN2/c14-12-8-4-3-7-11(12)13(9-15)16-10-5-1-2-6-10/h1-4,7-8,10,13,16H,5-6,9,15H2. The van der Waals surface area contributed by atoms with Gasteiger partial charge in [0.15, 0.2) is 0 Å². The summed E-state index contributed by atoms with van der Waals surface area (Å²) in [5.74, 6) is 0. The molecular weight excluding hydrogens is 220 g/mol. The van der Waals surface area contributed by atoms with E-state index in [4.69, 9.17) is 17.3 Å². The lowest BCUT2D eigenvalue weighted by atomic mass is 10.1. The Kier molecular flexibility index (Phi) is 3.99. The van der Waals surface area contributed by atoms with Crippen molar-refractivity contribution in [3.8, 4) is 0 Å². The first kappa shape index (κ1) is 11.6. The van der Waals surface area contributed by atoms with E-state index in [1.807, 2.05) is 24.3 Å². The molecule has 1 aliphatic rings. The number of halogens is 1. The summed E-state index contributed by atoms with van der Waals surface area (Å²) in [6.07, 6.45) is 6.58. The second-order valence-electron chi connectivity index (χ2n) is 4.12. The number of hydrogen-bond acceptors (Lipinski definition) is 2. The van der Waals surface area contributed by atoms with Crippen LogP contribution in [0.4, 0.5) is 0 Å². The summed E-state index contributed by atoms with van der Waals surface area (Å²) in [5.41, 5.74) is 6.91. The molecule has 0 radical (unpaired) electrons. The Morgan fingerprint density at radius 3 is 2.62 bits per heavy atom. The monoisotopic (exact) mass is 236 g/mol. The van der Waals surface area contributed by atoms with E-state index < -0.39 is 0 Å². The fourth-order valence-electron chi connectivity index (χ4n) is 2.08. The maximum absolute atomic E-state index is 6.17. The molecular formula is C13H17ClN2. The molecule has 16 heavy (non-hydrogen) atoms. The van der Waals surface area contributed by atoms with Crippen LogP contribution in [0.3, 0.4) is 0 Å². The van der Waals surface area contributed by atoms with Crippen LogP contribution in [0.5, 0.6) is 0 Å². The quantitative estimate of drug-likeness (QED) is 0.789. The van der Waals surface area contributed by atoms with Gasteiger partial charge in [-0.2, -0.15) is 0 Å². The van der Waals surface area contributed by atoms with Gasteiger partial charge in [-0.05, 0) is 24.5 Å². The van der Waals surface area contributed by atoms with Crippen molar-refractivity contribution in [1.29, 1.82) is 0 Å². The molecule has 1 atom stereocenters. The van der Waals surface area contributed by atoms with Crippen molar-refractivity contribution in [2.75, 3.05) is 6.54 Å². The van der Waals surface area contributed by atoms with E-state index in [2.05, 4.69) is 17.5 Å². The molecule has 0 saturated carbocycles. The highest BCUT2D eigenvalue weighted by molar-refractivity contribution is 6.31. The molecule has 0 heterocycles. The highest BCUT2D eigenvalue weighted by Crippen LogP contribution is 2.23. The van der Waals surface area contributed by atoms with Crippen molar-refractivity contribution in [3.05, 3.63) is 47.0 Å². The van der Waals surface area contributed by atoms with Crippen molar-refractivity contribution < 1.29 is 0 Å². The second kappa shape index (κ2) is 5.48. The lowest BCUT2D eigenvalue weighted by molar-refractivity contribution is 0.453. The molecule has 0 bridgehead atoms. The molecule has 86 valence electrons. The van der Waals surface area contributed by atoms with Crippen LogP contribution in [-0.4, -0.2) is 12.6 Å². The average Bonchev–Trinajstić information content (AvgIpc) is 2.80. The average molecular weight is 237 g/mol. The fourth-order valence-corrected chi connectivity index (χ4v) is 2.35. The van der Waals surface area contributed by atoms with Gasteiger partial charge >= 0.3 is 0 Å². The lowest BCUT2D eigenvalue weighted by Crippen LogP contribution is -2.35. The number of nitrogens with two attached hydrogens (primary N) is 1. The number of hydrogen-bond donors (Lipinski definition) is 2. The highest BCUT2D eigenvalue weighted by atomic mass is 35.5. The van der Waals surface area contributed by atoms with Crippen molar-refractivity contribution in [1.82, 2.24) is 5.32 Å². The maximum Gasteiger partial charge on any atom is 0.0461 e. The van der Waals surface area contributed by atoms with E-state index in [-0.39, 0.29) is 6.04 Å². The Bertz CT molecular complexity index is 368. The van der Waals surface area contributed by atoms with Crippen LogP contribution < -0.4 is 11.1 Å². The molecule has 1 unspecified atom stereocenters. The molecule has 3 heteroatoms. The molecule has 1 aliphatic carbocycles. The Hall–Kier alpha value is -0.830. The van der Waals surface area contributed by atoms with E-state index in [1.54, 1.807) is 0 Å². The van der Waals surface area contributed by atoms with E-state index in [9.17, 15) is 0 Å². The van der Waals surface area contributed by atoms with Gasteiger partial charge in [-0.3, -0.25) is 0 Å². The van der Waals surface area contributed by atoms with Gasteiger partial charge in [0.1, 0.15) is 0 Å². The lowest BCUT2D eigenvalue weighted by Gasteiger charge is -2.22. The van der Waals surface area contributed by atoms with Crippen LogP contribution in [0.1, 0.15) is 24.4 Å². The summed E-state index contributed by atoms with van der Waals surface area (Å²) in [6, 6.07) is 8.54. The van der Waals surface area contributed by atoms with Crippen LogP contribution in [0.25, 0.3) is 0 Å². The summed E-state index contributed by atoms with van der Waals surface area (Å²) >= 11 is 6.17. The summed E-state index contributed by atoms with van der Waals surface area (Å²) in [4.78, 5) is 0. The Morgan fingerprint density at radius 2 is 2.00 bits per heavy atom. The minimum Gasteiger partial charge on any atom is -0.329 e. The molecule has 2 rings (SSSR count). The van der Waals surface area contributed by atoms with E-state index in [1.165, 1.54) is 0 Å². The third kappa shape index (κ3) is 2.64. The Labute approximate surface area is 101 Å². The topological polar surface area (TPSA) is 38.0 Å². The molecule has 0 aromatic heterocycles. The third-order valence-electron chi connectivity index (χ3n) is 2.96. The van der Waals surface area contributed by atoms with E-state index in [0.29, 0.717) is 12.6 Å². The predicted molar refractivity (Wildman–Crippen MR) is 68.5 cm³/mol. The van der Waals surface area contributed by atoms with Gasteiger partial charge in [-0.1, -0.05) is 42.0 Å². The smallest absolute Gasteiger partial charge is 0.0461 e. The normalized spacial score (nSPS) is 17.9. The summed E-state index contributed by atoms with van der Waals surface area (Å²) in [5, 5.41) is 4.34. The Morgan fingerprint density at radius 1 is 1.31 bits per heavy atom. The van der Waals surface area contributed by atoms with Crippen molar-refractivity contribution in [2.45, 2.75) is 24.9 Å². The molecule has 2 nitrogen and oxygen atoms in total. The molecule has 0 amide bonds. The molecule has 3 N–H and O–H groups in total. The SMILES string of the molecule is NCC(NC1CC=CC1)c1ccccc1Cl. The van der Waals surface area contributed by atoms with Crippen LogP contribution in [0, 0.1) is 0 Å². The highest BCUT2D eigenvalue weighted by Gasteiger charge is 2.18. The van der Waals surface area contributed by atoms with Gasteiger partial charge in [-0.25, -0.2) is 0 Å². The minimum absolute atomic E-state index is 0.151. The minimum atomic E-state index is 0.151. The first-order valence-corrected chi connectivity index (χ1v) is 6.04. The van der Waals surface area contributed by atoms with Gasteiger partial charge in [0.05, 0.1) is 0 Å². The number of benzene rings is 1. The zero-order valence-electron chi connectivity index (χ0n) is 9.20. The van der Waals surface area contributed by atoms with Crippen molar-refractivity contribution in [3.63, 3.8) is 0 Å². The first-order chi connectivity index (χ1) is 7.81. The Balaban J connectivity index is 2.07. The van der Waals surface area contributed by atoms with Crippen molar-refractivity contribution >= 4 is 11.6 Å². The van der Waals surface area contributed by atoms with Gasteiger partial charge in [0.25, 0.3) is 0 Å². The summed E-state index contributed by atoms with van der Waals surface area (Å²) in [6.45, 7) is 0.570. The molecule has 0 fully saturated rings. The number of nitrogens with one attached hydrogen (secondary N) is 1. The maximum atomic E-state index is 6.17. The first-order valence-electron chi connectivity index (χ1n) is 5.67. The van der Waals surface area contributed by atoms with Crippen LogP contribution >= 0.6 is 11.6 Å². The van der Waals surface area contributed by atoms with Crippen molar-refractivity contribution in [2.24, 2.45) is 5.73 Å². The van der Waals surface area contributed by atoms with Crippen LogP contribution in [0.2, 0.25) is 5.02 Å². The zero-order chi connectivity index (χ0) is 11.4. The van der Waals surface area contributed by atoms with E-state index >= 15 is 0 Å². The molecule has 1 aromatic rings. The molecule has 0 saturated heterocycles. The second-order valence-corrected chi connectivity index (χ2v) is 4.52. The fraction of sp³-hybridized carbons (Fsp3) is 0.385. The van der Waals surface area contributed by atoms with Gasteiger partial charge < -0.3 is 11.1 Å². The molecule has 1 aromatic carbocycles. The van der Waals surface area contributed by atoms with Gasteiger partial charge in [0.2, 0.25) is 0 Å². The molecule has 0 aliphatic heterocycles. The van der Waals surface area contributed by atoms with Gasteiger partial charge in [-0.15, -0.1) is 0 Å².